The number of hydrogen-bond donors (Lipinski definition) is 3. The second kappa shape index (κ2) is 6.47. The van der Waals surface area contributed by atoms with Crippen molar-refractivity contribution in [3.8, 4) is 0 Å². The summed E-state index contributed by atoms with van der Waals surface area (Å²) in [6.07, 6.45) is 0. The van der Waals surface area contributed by atoms with E-state index in [0.717, 1.165) is 15.7 Å². The van der Waals surface area contributed by atoms with Gasteiger partial charge in [0, 0.05) is 7.05 Å². The molecular formula is C18H18N4O4. The van der Waals surface area contributed by atoms with Crippen LogP contribution in [0, 0.1) is 0 Å². The van der Waals surface area contributed by atoms with E-state index in [2.05, 4.69) is 10.6 Å². The number of urea groups is 2. The predicted octanol–water partition coefficient (Wildman–Crippen LogP) is 1.06. The van der Waals surface area contributed by atoms with Gasteiger partial charge in [-0.3, -0.25) is 19.8 Å². The summed E-state index contributed by atoms with van der Waals surface area (Å²) in [6, 6.07) is 11.6. The number of fused-ring (bicyclic) bond motifs is 1. The first-order valence-corrected chi connectivity index (χ1v) is 8.00. The van der Waals surface area contributed by atoms with E-state index in [1.165, 1.54) is 7.05 Å². The van der Waals surface area contributed by atoms with Gasteiger partial charge in [0.25, 0.3) is 5.91 Å². The lowest BCUT2D eigenvalue weighted by molar-refractivity contribution is -0.134. The van der Waals surface area contributed by atoms with Crippen LogP contribution in [0.4, 0.5) is 9.59 Å². The Labute approximate surface area is 149 Å². The minimum atomic E-state index is -1.30. The van der Waals surface area contributed by atoms with Gasteiger partial charge in [-0.2, -0.15) is 0 Å². The van der Waals surface area contributed by atoms with Crippen molar-refractivity contribution in [1.82, 2.24) is 20.9 Å². The van der Waals surface area contributed by atoms with Gasteiger partial charge in [-0.25, -0.2) is 9.59 Å². The molecule has 0 radical (unpaired) electrons. The molecule has 1 heterocycles. The Morgan fingerprint density at radius 2 is 1.81 bits per heavy atom. The highest BCUT2D eigenvalue weighted by Gasteiger charge is 2.50. The molecule has 1 atom stereocenters. The van der Waals surface area contributed by atoms with Crippen LogP contribution < -0.4 is 16.0 Å². The van der Waals surface area contributed by atoms with Crippen molar-refractivity contribution in [3.63, 3.8) is 0 Å². The monoisotopic (exact) mass is 354 g/mol. The molecule has 26 heavy (non-hydrogen) atoms. The molecule has 3 rings (SSSR count). The number of rotatable bonds is 3. The summed E-state index contributed by atoms with van der Waals surface area (Å²) in [6.45, 7) is 1.06. The maximum atomic E-state index is 12.9. The molecule has 1 fully saturated rings. The molecule has 3 N–H and O–H groups in total. The van der Waals surface area contributed by atoms with Gasteiger partial charge in [-0.15, -0.1) is 0 Å². The molecule has 2 aromatic rings. The molecule has 0 saturated carbocycles. The lowest BCUT2D eigenvalue weighted by Crippen LogP contribution is -2.46. The number of nitrogens with zero attached hydrogens (tertiary/aromatic N) is 1. The van der Waals surface area contributed by atoms with E-state index in [4.69, 9.17) is 0 Å². The molecule has 8 nitrogen and oxygen atoms in total. The third-order valence-electron chi connectivity index (χ3n) is 4.39. The van der Waals surface area contributed by atoms with Gasteiger partial charge in [0.05, 0.1) is 0 Å². The zero-order chi connectivity index (χ0) is 18.9. The topological polar surface area (TPSA) is 108 Å². The van der Waals surface area contributed by atoms with E-state index < -0.39 is 36.0 Å². The van der Waals surface area contributed by atoms with Gasteiger partial charge in [0.1, 0.15) is 12.1 Å². The molecule has 0 aliphatic carbocycles. The molecule has 1 saturated heterocycles. The Hall–Kier alpha value is -3.42. The van der Waals surface area contributed by atoms with E-state index in [1.807, 2.05) is 41.7 Å². The van der Waals surface area contributed by atoms with Crippen LogP contribution in [0.2, 0.25) is 0 Å². The van der Waals surface area contributed by atoms with Gasteiger partial charge < -0.3 is 10.6 Å². The highest BCUT2D eigenvalue weighted by molar-refractivity contribution is 6.11. The number of carbonyl (C=O) groups is 4. The Balaban J connectivity index is 1.92. The first-order valence-electron chi connectivity index (χ1n) is 8.00. The molecule has 2 aromatic carbocycles. The zero-order valence-electron chi connectivity index (χ0n) is 14.3. The van der Waals surface area contributed by atoms with E-state index in [-0.39, 0.29) is 0 Å². The van der Waals surface area contributed by atoms with E-state index in [0.29, 0.717) is 5.56 Å². The van der Waals surface area contributed by atoms with Crippen molar-refractivity contribution in [2.75, 3.05) is 13.6 Å². The molecule has 0 aromatic heterocycles. The Kier molecular flexibility index (Phi) is 4.33. The average molecular weight is 354 g/mol. The number of imide groups is 2. The van der Waals surface area contributed by atoms with Crippen LogP contribution in [-0.2, 0) is 15.1 Å². The van der Waals surface area contributed by atoms with Gasteiger partial charge >= 0.3 is 12.1 Å². The summed E-state index contributed by atoms with van der Waals surface area (Å²) < 4.78 is 0. The molecule has 6 amide bonds. The number of carbonyl (C=O) groups excluding carboxylic acids is 4. The first kappa shape index (κ1) is 17.4. The van der Waals surface area contributed by atoms with Crippen molar-refractivity contribution >= 4 is 34.6 Å². The van der Waals surface area contributed by atoms with Gasteiger partial charge in [-0.1, -0.05) is 42.5 Å². The fourth-order valence-corrected chi connectivity index (χ4v) is 3.06. The second-order valence-corrected chi connectivity index (χ2v) is 6.10. The average Bonchev–Trinajstić information content (AvgIpc) is 2.85. The normalized spacial score (nSPS) is 19.4. The molecule has 1 aliphatic rings. The lowest BCUT2D eigenvalue weighted by atomic mass is 9.88. The Morgan fingerprint density at radius 1 is 1.12 bits per heavy atom. The highest BCUT2D eigenvalue weighted by Crippen LogP contribution is 2.33. The minimum absolute atomic E-state index is 0.543. The Bertz CT molecular complexity index is 921. The second-order valence-electron chi connectivity index (χ2n) is 6.10. The summed E-state index contributed by atoms with van der Waals surface area (Å²) in [5.41, 5.74) is -0.659. The molecule has 134 valence electrons. The van der Waals surface area contributed by atoms with Crippen LogP contribution in [0.3, 0.4) is 0 Å². The largest absolute Gasteiger partial charge is 0.341 e. The van der Waals surface area contributed by atoms with Gasteiger partial charge in [0.15, 0.2) is 0 Å². The summed E-state index contributed by atoms with van der Waals surface area (Å²) in [5.74, 6) is -1.30. The quantitative estimate of drug-likeness (QED) is 0.716. The van der Waals surface area contributed by atoms with E-state index in [9.17, 15) is 19.2 Å². The van der Waals surface area contributed by atoms with Crippen LogP contribution in [0.5, 0.6) is 0 Å². The fraction of sp³-hybridized carbons (Fsp3) is 0.222. The third kappa shape index (κ3) is 2.85. The maximum absolute atomic E-state index is 12.9. The third-order valence-corrected chi connectivity index (χ3v) is 4.39. The number of benzene rings is 2. The molecule has 8 heteroatoms. The summed E-state index contributed by atoms with van der Waals surface area (Å²) in [7, 11) is 1.36. The Morgan fingerprint density at radius 3 is 2.54 bits per heavy atom. The number of amides is 6. The highest BCUT2D eigenvalue weighted by atomic mass is 16.2. The first-order chi connectivity index (χ1) is 12.4. The zero-order valence-corrected chi connectivity index (χ0v) is 14.3. The van der Waals surface area contributed by atoms with E-state index >= 15 is 0 Å². The van der Waals surface area contributed by atoms with Crippen LogP contribution in [-0.4, -0.2) is 42.4 Å². The smallest absolute Gasteiger partial charge is 0.325 e. The van der Waals surface area contributed by atoms with Crippen LogP contribution in [0.25, 0.3) is 10.8 Å². The summed E-state index contributed by atoms with van der Waals surface area (Å²) in [4.78, 5) is 49.1. The molecule has 1 aliphatic heterocycles. The fourth-order valence-electron chi connectivity index (χ4n) is 3.06. The molecule has 0 spiro atoms. The summed E-state index contributed by atoms with van der Waals surface area (Å²) in [5, 5.41) is 8.70. The molecule has 0 unspecified atom stereocenters. The van der Waals surface area contributed by atoms with Crippen LogP contribution >= 0.6 is 0 Å². The van der Waals surface area contributed by atoms with Crippen LogP contribution in [0.1, 0.15) is 12.5 Å². The van der Waals surface area contributed by atoms with Crippen molar-refractivity contribution in [2.45, 2.75) is 12.5 Å². The number of nitrogens with one attached hydrogen (secondary N) is 3. The van der Waals surface area contributed by atoms with Crippen LogP contribution in [0.15, 0.2) is 42.5 Å². The number of hydrogen-bond acceptors (Lipinski definition) is 4. The molecular weight excluding hydrogens is 336 g/mol. The summed E-state index contributed by atoms with van der Waals surface area (Å²) >= 11 is 0. The van der Waals surface area contributed by atoms with Crippen molar-refractivity contribution in [3.05, 3.63) is 48.0 Å². The van der Waals surface area contributed by atoms with E-state index in [1.54, 1.807) is 13.0 Å². The predicted molar refractivity (Wildman–Crippen MR) is 94.1 cm³/mol. The maximum Gasteiger partial charge on any atom is 0.325 e. The SMILES string of the molecule is CNC(=O)NC(=O)CN1C(=O)N[C@](C)(c2cccc3ccccc23)C1=O. The van der Waals surface area contributed by atoms with Gasteiger partial charge in [-0.05, 0) is 23.3 Å². The van der Waals surface area contributed by atoms with Crippen molar-refractivity contribution in [2.24, 2.45) is 0 Å². The standard InChI is InChI=1S/C18H18N4O4/c1-18(13-9-5-7-11-6-3-4-8-12(11)13)15(24)22(17(26)21-18)10-14(23)20-16(25)19-2/h3-9H,10H2,1-2H3,(H,21,26)(H2,19,20,23,25)/t18-/m1/s1. The minimum Gasteiger partial charge on any atom is -0.341 e. The van der Waals surface area contributed by atoms with Crippen molar-refractivity contribution in [1.29, 1.82) is 0 Å². The van der Waals surface area contributed by atoms with Crippen molar-refractivity contribution < 1.29 is 19.2 Å². The molecule has 0 bridgehead atoms. The van der Waals surface area contributed by atoms with Gasteiger partial charge in [0.2, 0.25) is 5.91 Å². The lowest BCUT2D eigenvalue weighted by Gasteiger charge is -2.24.